The maximum atomic E-state index is 6.11. The lowest BCUT2D eigenvalue weighted by molar-refractivity contribution is 0.308. The van der Waals surface area contributed by atoms with E-state index in [2.05, 4.69) is 25.1 Å². The van der Waals surface area contributed by atoms with Crippen LogP contribution < -0.4 is 10.5 Å². The normalized spacial score (nSPS) is 19.2. The van der Waals surface area contributed by atoms with Gasteiger partial charge in [-0.05, 0) is 48.9 Å². The molecule has 0 aliphatic heterocycles. The zero-order chi connectivity index (χ0) is 11.4. The second-order valence-corrected chi connectivity index (χ2v) is 4.56. The second kappa shape index (κ2) is 5.35. The van der Waals surface area contributed by atoms with Gasteiger partial charge in [-0.25, -0.2) is 0 Å². The van der Waals surface area contributed by atoms with E-state index in [9.17, 15) is 0 Å². The summed E-state index contributed by atoms with van der Waals surface area (Å²) in [6.45, 7) is 2.98. The quantitative estimate of drug-likeness (QED) is 0.789. The number of rotatable bonds is 4. The largest absolute Gasteiger partial charge is 0.494 e. The molecule has 88 valence electrons. The van der Waals surface area contributed by atoms with Gasteiger partial charge in [0.15, 0.2) is 0 Å². The zero-order valence-electron chi connectivity index (χ0n) is 10.0. The lowest BCUT2D eigenvalue weighted by Crippen LogP contribution is -2.17. The van der Waals surface area contributed by atoms with Gasteiger partial charge in [-0.3, -0.25) is 0 Å². The Morgan fingerprint density at radius 1 is 1.44 bits per heavy atom. The van der Waals surface area contributed by atoms with Crippen molar-refractivity contribution in [1.82, 2.24) is 0 Å². The molecule has 1 aliphatic rings. The molecular weight excluding hydrogens is 198 g/mol. The maximum absolute atomic E-state index is 6.11. The van der Waals surface area contributed by atoms with Crippen LogP contribution in [0.3, 0.4) is 0 Å². The van der Waals surface area contributed by atoms with Crippen LogP contribution in [0.25, 0.3) is 0 Å². The minimum absolute atomic E-state index is 0.207. The van der Waals surface area contributed by atoms with E-state index < -0.39 is 0 Å². The standard InChI is InChI=1S/C14H21NO/c1-2-3-9-16-12-8-7-11-5-4-6-14(15)13(11)10-12/h7-8,10,14H,2-6,9,15H2,1H3. The van der Waals surface area contributed by atoms with Crippen molar-refractivity contribution in [1.29, 1.82) is 0 Å². The maximum Gasteiger partial charge on any atom is 0.119 e. The van der Waals surface area contributed by atoms with Gasteiger partial charge in [-0.2, -0.15) is 0 Å². The first kappa shape index (κ1) is 11.5. The Kier molecular flexibility index (Phi) is 3.83. The Labute approximate surface area is 97.8 Å². The Hall–Kier alpha value is -1.02. The zero-order valence-corrected chi connectivity index (χ0v) is 10.0. The van der Waals surface area contributed by atoms with Crippen LogP contribution in [0.5, 0.6) is 5.75 Å². The van der Waals surface area contributed by atoms with Crippen molar-refractivity contribution in [2.75, 3.05) is 6.61 Å². The molecular formula is C14H21NO. The highest BCUT2D eigenvalue weighted by molar-refractivity contribution is 5.39. The van der Waals surface area contributed by atoms with Crippen molar-refractivity contribution in [2.45, 2.75) is 45.1 Å². The Balaban J connectivity index is 2.08. The Morgan fingerprint density at radius 3 is 3.12 bits per heavy atom. The molecule has 1 unspecified atom stereocenters. The SMILES string of the molecule is CCCCOc1ccc2c(c1)C(N)CCC2. The summed E-state index contributed by atoms with van der Waals surface area (Å²) in [5.41, 5.74) is 8.81. The van der Waals surface area contributed by atoms with Crippen molar-refractivity contribution >= 4 is 0 Å². The number of hydrogen-bond acceptors (Lipinski definition) is 2. The van der Waals surface area contributed by atoms with E-state index in [1.807, 2.05) is 0 Å². The number of fused-ring (bicyclic) bond motifs is 1. The molecule has 0 saturated carbocycles. The van der Waals surface area contributed by atoms with E-state index in [0.29, 0.717) is 0 Å². The van der Waals surface area contributed by atoms with Crippen LogP contribution in [0.4, 0.5) is 0 Å². The summed E-state index contributed by atoms with van der Waals surface area (Å²) in [6, 6.07) is 6.59. The molecule has 1 aromatic rings. The summed E-state index contributed by atoms with van der Waals surface area (Å²) in [5, 5.41) is 0. The highest BCUT2D eigenvalue weighted by atomic mass is 16.5. The van der Waals surface area contributed by atoms with Gasteiger partial charge >= 0.3 is 0 Å². The third kappa shape index (κ3) is 2.56. The van der Waals surface area contributed by atoms with Crippen molar-refractivity contribution in [3.05, 3.63) is 29.3 Å². The van der Waals surface area contributed by atoms with E-state index in [4.69, 9.17) is 10.5 Å². The lowest BCUT2D eigenvalue weighted by atomic mass is 9.88. The van der Waals surface area contributed by atoms with Crippen molar-refractivity contribution in [2.24, 2.45) is 5.73 Å². The second-order valence-electron chi connectivity index (χ2n) is 4.56. The van der Waals surface area contributed by atoms with Crippen molar-refractivity contribution < 1.29 is 4.74 Å². The van der Waals surface area contributed by atoms with Crippen LogP contribution in [0.15, 0.2) is 18.2 Å². The first-order valence-corrected chi connectivity index (χ1v) is 6.32. The molecule has 2 N–H and O–H groups in total. The van der Waals surface area contributed by atoms with E-state index >= 15 is 0 Å². The molecule has 0 saturated heterocycles. The average Bonchev–Trinajstić information content (AvgIpc) is 2.30. The minimum Gasteiger partial charge on any atom is -0.494 e. The molecule has 2 heteroatoms. The fourth-order valence-corrected chi connectivity index (χ4v) is 2.24. The summed E-state index contributed by atoms with van der Waals surface area (Å²) < 4.78 is 5.71. The molecule has 2 nitrogen and oxygen atoms in total. The number of hydrogen-bond donors (Lipinski definition) is 1. The van der Waals surface area contributed by atoms with Gasteiger partial charge in [-0.1, -0.05) is 19.4 Å². The summed E-state index contributed by atoms with van der Waals surface area (Å²) >= 11 is 0. The average molecular weight is 219 g/mol. The van der Waals surface area contributed by atoms with Crippen LogP contribution in [-0.4, -0.2) is 6.61 Å². The smallest absolute Gasteiger partial charge is 0.119 e. The number of nitrogens with two attached hydrogens (primary N) is 1. The van der Waals surface area contributed by atoms with Gasteiger partial charge in [0.05, 0.1) is 6.61 Å². The lowest BCUT2D eigenvalue weighted by Gasteiger charge is -2.22. The molecule has 0 fully saturated rings. The molecule has 0 spiro atoms. The van der Waals surface area contributed by atoms with Gasteiger partial charge in [0.25, 0.3) is 0 Å². The molecule has 0 bridgehead atoms. The molecule has 2 rings (SSSR count). The van der Waals surface area contributed by atoms with E-state index in [-0.39, 0.29) is 6.04 Å². The molecule has 0 aromatic heterocycles. The first-order valence-electron chi connectivity index (χ1n) is 6.32. The summed E-state index contributed by atoms with van der Waals surface area (Å²) in [5.74, 6) is 0.976. The van der Waals surface area contributed by atoms with Gasteiger partial charge in [0, 0.05) is 6.04 Å². The Morgan fingerprint density at radius 2 is 2.31 bits per heavy atom. The van der Waals surface area contributed by atoms with Crippen LogP contribution in [0.2, 0.25) is 0 Å². The van der Waals surface area contributed by atoms with Gasteiger partial charge in [0.2, 0.25) is 0 Å². The highest BCUT2D eigenvalue weighted by Crippen LogP contribution is 2.30. The number of ether oxygens (including phenoxy) is 1. The molecule has 1 aromatic carbocycles. The van der Waals surface area contributed by atoms with Crippen molar-refractivity contribution in [3.63, 3.8) is 0 Å². The van der Waals surface area contributed by atoms with E-state index in [0.717, 1.165) is 31.6 Å². The van der Waals surface area contributed by atoms with Crippen LogP contribution in [0, 0.1) is 0 Å². The molecule has 0 amide bonds. The Bertz CT molecular complexity index is 349. The van der Waals surface area contributed by atoms with Gasteiger partial charge in [0.1, 0.15) is 5.75 Å². The highest BCUT2D eigenvalue weighted by Gasteiger charge is 2.16. The predicted octanol–water partition coefficient (Wildman–Crippen LogP) is 3.20. The fourth-order valence-electron chi connectivity index (χ4n) is 2.24. The fraction of sp³-hybridized carbons (Fsp3) is 0.571. The summed E-state index contributed by atoms with van der Waals surface area (Å²) in [7, 11) is 0. The van der Waals surface area contributed by atoms with Crippen LogP contribution in [0.1, 0.15) is 49.8 Å². The van der Waals surface area contributed by atoms with Crippen molar-refractivity contribution in [3.8, 4) is 5.75 Å². The number of aryl methyl sites for hydroxylation is 1. The topological polar surface area (TPSA) is 35.2 Å². The van der Waals surface area contributed by atoms with Crippen LogP contribution >= 0.6 is 0 Å². The number of benzene rings is 1. The van der Waals surface area contributed by atoms with Gasteiger partial charge < -0.3 is 10.5 Å². The molecule has 1 atom stereocenters. The predicted molar refractivity (Wildman–Crippen MR) is 66.7 cm³/mol. The third-order valence-corrected chi connectivity index (χ3v) is 3.24. The molecule has 0 radical (unpaired) electrons. The molecule has 16 heavy (non-hydrogen) atoms. The summed E-state index contributed by atoms with van der Waals surface area (Å²) in [4.78, 5) is 0. The monoisotopic (exact) mass is 219 g/mol. The minimum atomic E-state index is 0.207. The third-order valence-electron chi connectivity index (χ3n) is 3.24. The number of unbranched alkanes of at least 4 members (excludes halogenated alkanes) is 1. The summed E-state index contributed by atoms with van der Waals surface area (Å²) in [6.07, 6.45) is 5.77. The first-order chi connectivity index (χ1) is 7.81. The van der Waals surface area contributed by atoms with E-state index in [1.54, 1.807) is 0 Å². The van der Waals surface area contributed by atoms with Gasteiger partial charge in [-0.15, -0.1) is 0 Å². The van der Waals surface area contributed by atoms with E-state index in [1.165, 1.54) is 24.0 Å². The van der Waals surface area contributed by atoms with Crippen LogP contribution in [-0.2, 0) is 6.42 Å². The molecule has 1 aliphatic carbocycles. The molecule has 0 heterocycles.